The summed E-state index contributed by atoms with van der Waals surface area (Å²) in [5.41, 5.74) is 1.01. The van der Waals surface area contributed by atoms with Crippen LogP contribution in [-0.2, 0) is 20.9 Å². The number of carbonyl (C=O) groups excluding carboxylic acids is 3. The third-order valence-corrected chi connectivity index (χ3v) is 12.4. The third kappa shape index (κ3) is 6.64. The summed E-state index contributed by atoms with van der Waals surface area (Å²) in [5, 5.41) is 10.5. The Morgan fingerprint density at radius 3 is 2.42 bits per heavy atom. The first-order chi connectivity index (χ1) is 20.6. The molecule has 7 nitrogen and oxygen atoms in total. The molecule has 7 atom stereocenters. The molecule has 3 amide bonds. The largest absolute Gasteiger partial charge is 0.394 e. The molecule has 3 aliphatic heterocycles. The summed E-state index contributed by atoms with van der Waals surface area (Å²) in [7, 11) is 0. The topological polar surface area (TPSA) is 81.2 Å². The maximum absolute atomic E-state index is 14.7. The van der Waals surface area contributed by atoms with Crippen molar-refractivity contribution < 1.29 is 19.5 Å². The van der Waals surface area contributed by atoms with Crippen LogP contribution < -0.4 is 0 Å². The monoisotopic (exact) mass is 673 g/mol. The van der Waals surface area contributed by atoms with Gasteiger partial charge in [0.1, 0.15) is 6.04 Å². The van der Waals surface area contributed by atoms with E-state index in [0.717, 1.165) is 24.8 Å². The van der Waals surface area contributed by atoms with Gasteiger partial charge in [-0.25, -0.2) is 0 Å². The van der Waals surface area contributed by atoms with Crippen molar-refractivity contribution in [3.8, 4) is 0 Å². The maximum Gasteiger partial charge on any atom is 0.247 e. The molecule has 1 spiro atoms. The number of aliphatic hydroxyl groups is 1. The van der Waals surface area contributed by atoms with E-state index in [1.807, 2.05) is 35.2 Å². The lowest BCUT2D eigenvalue weighted by atomic mass is 9.70. The molecular formula is C34H48BrN3O4S. The first-order valence-corrected chi connectivity index (χ1v) is 17.5. The van der Waals surface area contributed by atoms with Gasteiger partial charge < -0.3 is 19.8 Å². The molecule has 0 aliphatic carbocycles. The number of amides is 3. The number of likely N-dealkylation sites (tertiary alicyclic amines) is 1. The van der Waals surface area contributed by atoms with Crippen molar-refractivity contribution in [3.05, 3.63) is 61.2 Å². The van der Waals surface area contributed by atoms with Gasteiger partial charge in [-0.05, 0) is 30.7 Å². The van der Waals surface area contributed by atoms with Gasteiger partial charge in [-0.3, -0.25) is 14.4 Å². The van der Waals surface area contributed by atoms with Crippen molar-refractivity contribution in [2.24, 2.45) is 17.8 Å². The summed E-state index contributed by atoms with van der Waals surface area (Å²) in [4.78, 5) is 49.1. The number of unbranched alkanes of at least 4 members (excludes halogenated alkanes) is 2. The van der Waals surface area contributed by atoms with Crippen LogP contribution in [0, 0.1) is 17.8 Å². The minimum Gasteiger partial charge on any atom is -0.394 e. The Labute approximate surface area is 270 Å². The van der Waals surface area contributed by atoms with Gasteiger partial charge in [-0.15, -0.1) is 24.9 Å². The molecule has 4 rings (SSSR count). The number of carbonyl (C=O) groups is 3. The number of fused-ring (bicyclic) bond motifs is 1. The SMILES string of the molecule is C=CCN(CCCCC)C(=O)C1N([C@@H](CO)CC(C)C)C(=O)[C@@H]2[C@H](C(=O)N(CC=C)Cc3ccccc3)[C@H]3SC12CC3Br. The lowest BCUT2D eigenvalue weighted by Crippen LogP contribution is -2.58. The van der Waals surface area contributed by atoms with Gasteiger partial charge in [-0.2, -0.15) is 0 Å². The lowest BCUT2D eigenvalue weighted by molar-refractivity contribution is -0.147. The summed E-state index contributed by atoms with van der Waals surface area (Å²) in [6.07, 6.45) is 7.58. The first-order valence-electron chi connectivity index (χ1n) is 15.7. The number of halogens is 1. The highest BCUT2D eigenvalue weighted by atomic mass is 79.9. The van der Waals surface area contributed by atoms with Crippen molar-refractivity contribution in [2.75, 3.05) is 26.2 Å². The second-order valence-corrected chi connectivity index (χ2v) is 15.4. The minimum atomic E-state index is -0.755. The molecule has 3 fully saturated rings. The smallest absolute Gasteiger partial charge is 0.247 e. The predicted octanol–water partition coefficient (Wildman–Crippen LogP) is 5.28. The molecule has 3 heterocycles. The van der Waals surface area contributed by atoms with Gasteiger partial charge in [-0.1, -0.05) is 92.0 Å². The molecule has 1 aromatic rings. The standard InChI is InChI=1S/C34H48BrN3O4S/c1-6-9-13-18-36(16-7-2)33(42)30-34-20-26(35)29(43-34)27(28(34)32(41)38(30)25(22-39)19-23(4)5)31(40)37(17-8-3)21-24-14-11-10-12-15-24/h7-8,10-12,14-15,23,25-30,39H,2-3,6,9,13,16-22H2,1,4-5H3/t25-,26?,27+,28+,29+,30?,34?/m1/s1. The molecule has 0 aromatic heterocycles. The Morgan fingerprint density at radius 1 is 1.14 bits per heavy atom. The van der Waals surface area contributed by atoms with Crippen LogP contribution in [0.4, 0.5) is 0 Å². The Balaban J connectivity index is 1.77. The number of rotatable bonds is 16. The van der Waals surface area contributed by atoms with E-state index in [1.165, 1.54) is 0 Å². The Morgan fingerprint density at radius 2 is 1.81 bits per heavy atom. The van der Waals surface area contributed by atoms with E-state index in [0.29, 0.717) is 39.0 Å². The highest BCUT2D eigenvalue weighted by Crippen LogP contribution is 2.68. The molecular weight excluding hydrogens is 626 g/mol. The van der Waals surface area contributed by atoms with Gasteiger partial charge in [0, 0.05) is 36.3 Å². The van der Waals surface area contributed by atoms with Gasteiger partial charge in [0.2, 0.25) is 17.7 Å². The van der Waals surface area contributed by atoms with Crippen molar-refractivity contribution in [1.29, 1.82) is 0 Å². The molecule has 1 N–H and O–H groups in total. The summed E-state index contributed by atoms with van der Waals surface area (Å²) >= 11 is 5.54. The highest BCUT2D eigenvalue weighted by Gasteiger charge is 2.76. The molecule has 0 radical (unpaired) electrons. The summed E-state index contributed by atoms with van der Waals surface area (Å²) in [6, 6.07) is 8.60. The van der Waals surface area contributed by atoms with E-state index in [9.17, 15) is 19.5 Å². The number of aliphatic hydroxyl groups excluding tert-OH is 1. The normalized spacial score (nSPS) is 28.2. The number of hydrogen-bond acceptors (Lipinski definition) is 5. The zero-order valence-corrected chi connectivity index (χ0v) is 28.3. The summed E-state index contributed by atoms with van der Waals surface area (Å²) in [5.74, 6) is -1.34. The number of alkyl halides is 1. The van der Waals surface area contributed by atoms with E-state index in [4.69, 9.17) is 0 Å². The van der Waals surface area contributed by atoms with Crippen molar-refractivity contribution in [2.45, 2.75) is 86.3 Å². The van der Waals surface area contributed by atoms with E-state index in [-0.39, 0.29) is 40.3 Å². The van der Waals surface area contributed by atoms with Crippen LogP contribution in [-0.4, -0.2) is 90.7 Å². The summed E-state index contributed by atoms with van der Waals surface area (Å²) in [6.45, 7) is 15.6. The van der Waals surface area contributed by atoms with Gasteiger partial charge >= 0.3 is 0 Å². The zero-order valence-electron chi connectivity index (χ0n) is 25.9. The van der Waals surface area contributed by atoms with E-state index in [1.54, 1.807) is 33.7 Å². The average molecular weight is 675 g/mol. The number of benzene rings is 1. The van der Waals surface area contributed by atoms with Crippen molar-refractivity contribution in [1.82, 2.24) is 14.7 Å². The van der Waals surface area contributed by atoms with Crippen LogP contribution in [0.3, 0.4) is 0 Å². The molecule has 236 valence electrons. The second-order valence-electron chi connectivity index (χ2n) is 12.6. The van der Waals surface area contributed by atoms with Crippen molar-refractivity contribution >= 4 is 45.4 Å². The van der Waals surface area contributed by atoms with Crippen LogP contribution in [0.2, 0.25) is 0 Å². The highest BCUT2D eigenvalue weighted by molar-refractivity contribution is 9.09. The molecule has 3 aliphatic rings. The van der Waals surface area contributed by atoms with Gasteiger partial charge in [0.25, 0.3) is 0 Å². The average Bonchev–Trinajstić information content (AvgIpc) is 3.58. The second kappa shape index (κ2) is 14.8. The number of thioether (sulfide) groups is 1. The fourth-order valence-corrected chi connectivity index (χ4v) is 11.0. The predicted molar refractivity (Wildman–Crippen MR) is 178 cm³/mol. The van der Waals surface area contributed by atoms with Crippen LogP contribution in [0.5, 0.6) is 0 Å². The maximum atomic E-state index is 14.7. The van der Waals surface area contributed by atoms with Crippen LogP contribution >= 0.6 is 27.7 Å². The fourth-order valence-electron chi connectivity index (χ4n) is 7.42. The van der Waals surface area contributed by atoms with E-state index >= 15 is 0 Å². The lowest BCUT2D eigenvalue weighted by Gasteiger charge is -2.40. The van der Waals surface area contributed by atoms with Crippen molar-refractivity contribution in [3.63, 3.8) is 0 Å². The third-order valence-electron chi connectivity index (χ3n) is 9.16. The molecule has 3 unspecified atom stereocenters. The molecule has 0 saturated carbocycles. The van der Waals surface area contributed by atoms with Gasteiger partial charge in [0.15, 0.2) is 0 Å². The quantitative estimate of drug-likeness (QED) is 0.147. The molecule has 43 heavy (non-hydrogen) atoms. The molecule has 3 saturated heterocycles. The van der Waals surface area contributed by atoms with Gasteiger partial charge in [0.05, 0.1) is 29.2 Å². The minimum absolute atomic E-state index is 0.0151. The first kappa shape index (κ1) is 33.8. The Bertz CT molecular complexity index is 1170. The van der Waals surface area contributed by atoms with Crippen LogP contribution in [0.25, 0.3) is 0 Å². The fraction of sp³-hybridized carbons (Fsp3) is 0.618. The molecule has 2 bridgehead atoms. The number of nitrogens with zero attached hydrogens (tertiary/aromatic N) is 3. The summed E-state index contributed by atoms with van der Waals surface area (Å²) < 4.78 is -0.755. The molecule has 9 heteroatoms. The van der Waals surface area contributed by atoms with E-state index in [2.05, 4.69) is 49.9 Å². The number of hydrogen-bond donors (Lipinski definition) is 1. The van der Waals surface area contributed by atoms with Crippen LogP contribution in [0.15, 0.2) is 55.6 Å². The Kier molecular flexibility index (Phi) is 11.6. The Hall–Kier alpha value is -2.10. The molecule has 1 aromatic carbocycles. The van der Waals surface area contributed by atoms with E-state index < -0.39 is 28.7 Å². The van der Waals surface area contributed by atoms with Crippen LogP contribution in [0.1, 0.15) is 58.4 Å². The zero-order chi connectivity index (χ0) is 31.3.